The fourth-order valence-electron chi connectivity index (χ4n) is 2.85. The van der Waals surface area contributed by atoms with Crippen molar-refractivity contribution in [1.29, 1.82) is 0 Å². The largest absolute Gasteiger partial charge is 0.355 e. The van der Waals surface area contributed by atoms with Gasteiger partial charge in [-0.15, -0.1) is 5.10 Å². The predicted octanol–water partition coefficient (Wildman–Crippen LogP) is 1.90. The average molecular weight is 364 g/mol. The standard InChI is InChI=1S/C17H12N6O4/c1-10(24)18-15-16-20-22(11-6-3-2-4-7-11)17(25)21(16)12-8-5-9-13(23(26)27)14(12)19-15/h2-9H,1H3,(H,18,19,24). The highest BCUT2D eigenvalue weighted by atomic mass is 16.6. The van der Waals surface area contributed by atoms with E-state index in [1.54, 1.807) is 30.3 Å². The Morgan fingerprint density at radius 2 is 1.89 bits per heavy atom. The predicted molar refractivity (Wildman–Crippen MR) is 97.0 cm³/mol. The Hall–Kier alpha value is -4.08. The zero-order valence-electron chi connectivity index (χ0n) is 14.0. The molecule has 0 aliphatic carbocycles. The smallest absolute Gasteiger partial charge is 0.308 e. The number of hydrogen-bond acceptors (Lipinski definition) is 6. The fraction of sp³-hybridized carbons (Fsp3) is 0.0588. The molecule has 2 heterocycles. The van der Waals surface area contributed by atoms with E-state index in [2.05, 4.69) is 15.4 Å². The van der Waals surface area contributed by atoms with Crippen LogP contribution in [0.25, 0.3) is 22.4 Å². The van der Waals surface area contributed by atoms with E-state index in [-0.39, 0.29) is 28.2 Å². The molecule has 0 unspecified atom stereocenters. The number of amides is 1. The molecule has 0 saturated heterocycles. The molecule has 27 heavy (non-hydrogen) atoms. The molecule has 10 heteroatoms. The van der Waals surface area contributed by atoms with E-state index in [4.69, 9.17) is 0 Å². The summed E-state index contributed by atoms with van der Waals surface area (Å²) in [4.78, 5) is 39.6. The first-order valence-corrected chi connectivity index (χ1v) is 7.89. The van der Waals surface area contributed by atoms with Crippen molar-refractivity contribution in [2.45, 2.75) is 6.92 Å². The van der Waals surface area contributed by atoms with Crippen LogP contribution in [-0.2, 0) is 4.79 Å². The van der Waals surface area contributed by atoms with Crippen LogP contribution >= 0.6 is 0 Å². The van der Waals surface area contributed by atoms with E-state index in [1.165, 1.54) is 29.5 Å². The van der Waals surface area contributed by atoms with Crippen LogP contribution < -0.4 is 11.0 Å². The lowest BCUT2D eigenvalue weighted by atomic mass is 10.2. The highest BCUT2D eigenvalue weighted by Gasteiger charge is 2.22. The number of fused-ring (bicyclic) bond motifs is 3. The second-order valence-electron chi connectivity index (χ2n) is 5.73. The summed E-state index contributed by atoms with van der Waals surface area (Å²) in [6.07, 6.45) is 0. The van der Waals surface area contributed by atoms with Crippen LogP contribution in [0.5, 0.6) is 0 Å². The number of para-hydroxylation sites is 2. The van der Waals surface area contributed by atoms with Gasteiger partial charge in [-0.1, -0.05) is 24.3 Å². The Kier molecular flexibility index (Phi) is 3.65. The van der Waals surface area contributed by atoms with Gasteiger partial charge in [-0.2, -0.15) is 4.68 Å². The summed E-state index contributed by atoms with van der Waals surface area (Å²) in [6, 6.07) is 13.0. The molecular weight excluding hydrogens is 352 g/mol. The molecule has 2 aromatic carbocycles. The maximum absolute atomic E-state index is 13.0. The molecule has 0 aliphatic heterocycles. The number of hydrogen-bond donors (Lipinski definition) is 1. The molecule has 0 bridgehead atoms. The first-order chi connectivity index (χ1) is 13.0. The number of nitrogens with zero attached hydrogens (tertiary/aromatic N) is 5. The number of carbonyl (C=O) groups is 1. The molecule has 0 fully saturated rings. The monoisotopic (exact) mass is 364 g/mol. The van der Waals surface area contributed by atoms with Gasteiger partial charge in [0, 0.05) is 13.0 Å². The summed E-state index contributed by atoms with van der Waals surface area (Å²) < 4.78 is 2.36. The van der Waals surface area contributed by atoms with E-state index in [0.29, 0.717) is 5.69 Å². The van der Waals surface area contributed by atoms with Crippen molar-refractivity contribution in [1.82, 2.24) is 19.2 Å². The van der Waals surface area contributed by atoms with Gasteiger partial charge in [0.05, 0.1) is 16.1 Å². The molecule has 1 N–H and O–H groups in total. The molecule has 0 spiro atoms. The minimum atomic E-state index is -0.592. The normalized spacial score (nSPS) is 11.0. The minimum Gasteiger partial charge on any atom is -0.308 e. The Morgan fingerprint density at radius 1 is 1.15 bits per heavy atom. The average Bonchev–Trinajstić information content (AvgIpc) is 3.00. The topological polar surface area (TPSA) is 124 Å². The summed E-state index contributed by atoms with van der Waals surface area (Å²) in [5, 5.41) is 18.1. The number of nitro groups is 1. The van der Waals surface area contributed by atoms with Crippen molar-refractivity contribution in [3.05, 3.63) is 69.1 Å². The summed E-state index contributed by atoms with van der Waals surface area (Å²) in [5.41, 5.74) is -0.00406. The highest BCUT2D eigenvalue weighted by Crippen LogP contribution is 2.27. The number of carbonyl (C=O) groups excluding carboxylic acids is 1. The van der Waals surface area contributed by atoms with Gasteiger partial charge in [-0.25, -0.2) is 14.2 Å². The molecule has 4 rings (SSSR count). The van der Waals surface area contributed by atoms with Gasteiger partial charge in [0.25, 0.3) is 5.69 Å². The van der Waals surface area contributed by atoms with Crippen LogP contribution in [0.2, 0.25) is 0 Å². The molecule has 0 atom stereocenters. The van der Waals surface area contributed by atoms with Crippen LogP contribution in [0.1, 0.15) is 6.92 Å². The molecule has 10 nitrogen and oxygen atoms in total. The first kappa shape index (κ1) is 16.4. The number of rotatable bonds is 3. The number of nitro benzene ring substituents is 1. The Bertz CT molecular complexity index is 1280. The van der Waals surface area contributed by atoms with Gasteiger partial charge in [-0.05, 0) is 18.2 Å². The molecule has 4 aromatic rings. The lowest BCUT2D eigenvalue weighted by Gasteiger charge is -2.06. The lowest BCUT2D eigenvalue weighted by Crippen LogP contribution is -2.20. The van der Waals surface area contributed by atoms with Gasteiger partial charge < -0.3 is 5.32 Å². The SMILES string of the molecule is CC(=O)Nc1nc2c([N+](=O)[O-])cccc2n2c(=O)n(-c3ccccc3)nc12. The van der Waals surface area contributed by atoms with Gasteiger partial charge in [0.1, 0.15) is 0 Å². The van der Waals surface area contributed by atoms with Gasteiger partial charge in [0.15, 0.2) is 11.3 Å². The van der Waals surface area contributed by atoms with Crippen LogP contribution in [0.3, 0.4) is 0 Å². The molecule has 1 amide bonds. The summed E-state index contributed by atoms with van der Waals surface area (Å²) in [5.74, 6) is -0.472. The number of non-ortho nitro benzene ring substituents is 1. The van der Waals surface area contributed by atoms with E-state index in [0.717, 1.165) is 4.68 Å². The number of benzene rings is 2. The highest BCUT2D eigenvalue weighted by molar-refractivity contribution is 5.95. The van der Waals surface area contributed by atoms with Crippen LogP contribution in [0, 0.1) is 10.1 Å². The fourth-order valence-corrected chi connectivity index (χ4v) is 2.85. The van der Waals surface area contributed by atoms with E-state index in [9.17, 15) is 19.7 Å². The van der Waals surface area contributed by atoms with Crippen LogP contribution in [-0.4, -0.2) is 30.0 Å². The minimum absolute atomic E-state index is 0.0199. The van der Waals surface area contributed by atoms with Crippen LogP contribution in [0.15, 0.2) is 53.3 Å². The first-order valence-electron chi connectivity index (χ1n) is 7.89. The van der Waals surface area contributed by atoms with Gasteiger partial charge in [0.2, 0.25) is 11.6 Å². The molecule has 0 aliphatic rings. The maximum Gasteiger partial charge on any atom is 0.355 e. The van der Waals surface area contributed by atoms with E-state index >= 15 is 0 Å². The third kappa shape index (κ3) is 2.59. The van der Waals surface area contributed by atoms with E-state index < -0.39 is 16.5 Å². The van der Waals surface area contributed by atoms with Gasteiger partial charge >= 0.3 is 5.69 Å². The molecule has 134 valence electrons. The quantitative estimate of drug-likeness (QED) is 0.437. The second-order valence-corrected chi connectivity index (χ2v) is 5.73. The Balaban J connectivity index is 2.17. The van der Waals surface area contributed by atoms with Crippen molar-refractivity contribution < 1.29 is 9.72 Å². The van der Waals surface area contributed by atoms with Crippen molar-refractivity contribution in [3.8, 4) is 5.69 Å². The van der Waals surface area contributed by atoms with Crippen LogP contribution in [0.4, 0.5) is 11.5 Å². The second kappa shape index (κ2) is 6.02. The van der Waals surface area contributed by atoms with Crippen molar-refractivity contribution in [2.75, 3.05) is 5.32 Å². The molecule has 0 saturated carbocycles. The zero-order valence-corrected chi connectivity index (χ0v) is 14.0. The summed E-state index contributed by atoms with van der Waals surface area (Å²) in [6.45, 7) is 1.27. The number of aromatic nitrogens is 4. The van der Waals surface area contributed by atoms with E-state index in [1.807, 2.05) is 0 Å². The number of nitrogens with one attached hydrogen (secondary N) is 1. The summed E-state index contributed by atoms with van der Waals surface area (Å²) in [7, 11) is 0. The third-order valence-electron chi connectivity index (χ3n) is 3.94. The van der Waals surface area contributed by atoms with Crippen molar-refractivity contribution >= 4 is 34.1 Å². The lowest BCUT2D eigenvalue weighted by molar-refractivity contribution is -0.383. The van der Waals surface area contributed by atoms with Gasteiger partial charge in [-0.3, -0.25) is 14.9 Å². The molecular formula is C17H12N6O4. The number of anilines is 1. The van der Waals surface area contributed by atoms with Crippen molar-refractivity contribution in [3.63, 3.8) is 0 Å². The molecule has 2 aromatic heterocycles. The Labute approximate surface area is 150 Å². The third-order valence-corrected chi connectivity index (χ3v) is 3.94. The Morgan fingerprint density at radius 3 is 2.56 bits per heavy atom. The zero-order chi connectivity index (χ0) is 19.1. The summed E-state index contributed by atoms with van der Waals surface area (Å²) >= 11 is 0. The maximum atomic E-state index is 13.0. The molecule has 0 radical (unpaired) electrons. The van der Waals surface area contributed by atoms with Crippen molar-refractivity contribution in [2.24, 2.45) is 0 Å².